The number of carbonyl (C=O) groups excluding carboxylic acids is 2. The van der Waals surface area contributed by atoms with Gasteiger partial charge in [0.2, 0.25) is 11.8 Å². The van der Waals surface area contributed by atoms with E-state index in [-0.39, 0.29) is 17.9 Å². The lowest BCUT2D eigenvalue weighted by molar-refractivity contribution is -0.125. The van der Waals surface area contributed by atoms with Gasteiger partial charge in [0.15, 0.2) is 0 Å². The van der Waals surface area contributed by atoms with Gasteiger partial charge in [0.25, 0.3) is 0 Å². The molecule has 2 heterocycles. The first kappa shape index (κ1) is 11.1. The van der Waals surface area contributed by atoms with E-state index in [2.05, 4.69) is 15.6 Å². The van der Waals surface area contributed by atoms with E-state index in [1.165, 1.54) is 11.3 Å². The van der Waals surface area contributed by atoms with Crippen LogP contribution in [0.25, 0.3) is 0 Å². The Kier molecular flexibility index (Phi) is 3.19. The number of nitrogens with zero attached hydrogens (tertiary/aromatic N) is 1. The molecule has 1 aliphatic rings. The van der Waals surface area contributed by atoms with Gasteiger partial charge >= 0.3 is 0 Å². The molecule has 1 saturated heterocycles. The van der Waals surface area contributed by atoms with Crippen molar-refractivity contribution in [2.75, 3.05) is 0 Å². The molecule has 1 unspecified atom stereocenters. The summed E-state index contributed by atoms with van der Waals surface area (Å²) >= 11 is 1.52. The molecule has 1 atom stereocenters. The molecule has 5 nitrogen and oxygen atoms in total. The fraction of sp³-hybridized carbons (Fsp3) is 0.500. The summed E-state index contributed by atoms with van der Waals surface area (Å²) in [7, 11) is 0. The Morgan fingerprint density at radius 1 is 1.75 bits per heavy atom. The highest BCUT2D eigenvalue weighted by Crippen LogP contribution is 2.09. The highest BCUT2D eigenvalue weighted by Gasteiger charge is 2.26. The summed E-state index contributed by atoms with van der Waals surface area (Å²) in [4.78, 5) is 26.8. The normalized spacial score (nSPS) is 19.6. The predicted octanol–water partition coefficient (Wildman–Crippen LogP) is 0.346. The van der Waals surface area contributed by atoms with E-state index in [4.69, 9.17) is 0 Å². The van der Waals surface area contributed by atoms with E-state index in [0.717, 1.165) is 10.7 Å². The van der Waals surface area contributed by atoms with Crippen LogP contribution in [0.4, 0.5) is 0 Å². The third-order valence-corrected chi connectivity index (χ3v) is 3.36. The Balaban J connectivity index is 1.82. The lowest BCUT2D eigenvalue weighted by Gasteiger charge is -2.09. The van der Waals surface area contributed by atoms with Gasteiger partial charge in [-0.15, -0.1) is 11.3 Å². The average molecular weight is 239 g/mol. The highest BCUT2D eigenvalue weighted by molar-refractivity contribution is 7.09. The lowest BCUT2D eigenvalue weighted by atomic mass is 10.2. The summed E-state index contributed by atoms with van der Waals surface area (Å²) < 4.78 is 0. The fourth-order valence-corrected chi connectivity index (χ4v) is 2.29. The van der Waals surface area contributed by atoms with Crippen molar-refractivity contribution in [1.29, 1.82) is 0 Å². The summed E-state index contributed by atoms with van der Waals surface area (Å²) in [6.45, 7) is 2.35. The zero-order chi connectivity index (χ0) is 11.5. The summed E-state index contributed by atoms with van der Waals surface area (Å²) in [5, 5.41) is 8.22. The molecule has 0 aliphatic carbocycles. The second-order valence-corrected chi connectivity index (χ2v) is 4.70. The van der Waals surface area contributed by atoms with Gasteiger partial charge in [-0.05, 0) is 13.3 Å². The highest BCUT2D eigenvalue weighted by atomic mass is 32.1. The molecule has 0 bridgehead atoms. The van der Waals surface area contributed by atoms with Crippen LogP contribution in [0.5, 0.6) is 0 Å². The van der Waals surface area contributed by atoms with Gasteiger partial charge in [0, 0.05) is 17.5 Å². The number of hydrogen-bond donors (Lipinski definition) is 2. The van der Waals surface area contributed by atoms with Crippen molar-refractivity contribution >= 4 is 23.2 Å². The van der Waals surface area contributed by atoms with Crippen LogP contribution in [0.2, 0.25) is 0 Å². The van der Waals surface area contributed by atoms with E-state index in [1.807, 2.05) is 12.3 Å². The van der Waals surface area contributed by atoms with E-state index in [1.54, 1.807) is 0 Å². The van der Waals surface area contributed by atoms with Gasteiger partial charge in [-0.1, -0.05) is 0 Å². The second kappa shape index (κ2) is 4.61. The predicted molar refractivity (Wildman–Crippen MR) is 59.9 cm³/mol. The van der Waals surface area contributed by atoms with Crippen molar-refractivity contribution in [3.8, 4) is 0 Å². The maximum Gasteiger partial charge on any atom is 0.242 e. The van der Waals surface area contributed by atoms with Crippen molar-refractivity contribution in [3.05, 3.63) is 16.1 Å². The van der Waals surface area contributed by atoms with Crippen molar-refractivity contribution in [3.63, 3.8) is 0 Å². The van der Waals surface area contributed by atoms with Crippen molar-refractivity contribution in [1.82, 2.24) is 15.6 Å². The van der Waals surface area contributed by atoms with Crippen LogP contribution in [0.3, 0.4) is 0 Å². The van der Waals surface area contributed by atoms with Crippen molar-refractivity contribution in [2.45, 2.75) is 32.4 Å². The number of hydrogen-bond acceptors (Lipinski definition) is 4. The Labute approximate surface area is 97.3 Å². The Morgan fingerprint density at radius 2 is 2.56 bits per heavy atom. The minimum Gasteiger partial charge on any atom is -0.348 e. The third kappa shape index (κ3) is 2.57. The molecular formula is C10H13N3O2S. The summed E-state index contributed by atoms with van der Waals surface area (Å²) in [5.74, 6) is -0.177. The molecule has 1 aromatic heterocycles. The molecule has 0 saturated carbocycles. The van der Waals surface area contributed by atoms with Crippen LogP contribution in [-0.2, 0) is 16.1 Å². The lowest BCUT2D eigenvalue weighted by Crippen LogP contribution is -2.41. The molecule has 16 heavy (non-hydrogen) atoms. The molecular weight excluding hydrogens is 226 g/mol. The van der Waals surface area contributed by atoms with Crippen LogP contribution in [-0.4, -0.2) is 22.8 Å². The number of aryl methyl sites for hydroxylation is 1. The van der Waals surface area contributed by atoms with E-state index in [0.29, 0.717) is 19.4 Å². The molecule has 0 radical (unpaired) electrons. The quantitative estimate of drug-likeness (QED) is 0.799. The number of carbonyl (C=O) groups is 2. The number of thiazole rings is 1. The van der Waals surface area contributed by atoms with Crippen LogP contribution < -0.4 is 10.6 Å². The summed E-state index contributed by atoms with van der Waals surface area (Å²) in [6.07, 6.45) is 1.02. The number of nitrogens with one attached hydrogen (secondary N) is 2. The molecule has 2 amide bonds. The molecule has 1 aromatic rings. The number of rotatable bonds is 3. The Morgan fingerprint density at radius 3 is 3.12 bits per heavy atom. The topological polar surface area (TPSA) is 71.1 Å². The second-order valence-electron chi connectivity index (χ2n) is 3.76. The standard InChI is InChI=1S/C10H13N3O2S/c1-6-5-16-9(12-6)4-11-10(15)7-2-3-8(14)13-7/h5,7H,2-4H2,1H3,(H,11,15)(H,13,14). The Bertz CT molecular complexity index is 416. The van der Waals surface area contributed by atoms with Crippen LogP contribution >= 0.6 is 11.3 Å². The van der Waals surface area contributed by atoms with E-state index < -0.39 is 0 Å². The maximum absolute atomic E-state index is 11.6. The Hall–Kier alpha value is -1.43. The monoisotopic (exact) mass is 239 g/mol. The average Bonchev–Trinajstić information content (AvgIpc) is 2.84. The van der Waals surface area contributed by atoms with Gasteiger partial charge in [-0.3, -0.25) is 9.59 Å². The van der Waals surface area contributed by atoms with Gasteiger partial charge in [-0.25, -0.2) is 4.98 Å². The first-order valence-corrected chi connectivity index (χ1v) is 6.01. The SMILES string of the molecule is Cc1csc(CNC(=O)C2CCC(=O)N2)n1. The van der Waals surface area contributed by atoms with Gasteiger partial charge in [-0.2, -0.15) is 0 Å². The molecule has 0 aromatic carbocycles. The molecule has 0 spiro atoms. The minimum absolute atomic E-state index is 0.0507. The zero-order valence-electron chi connectivity index (χ0n) is 8.95. The van der Waals surface area contributed by atoms with Gasteiger partial charge in [0.05, 0.1) is 6.54 Å². The van der Waals surface area contributed by atoms with Gasteiger partial charge in [0.1, 0.15) is 11.0 Å². The smallest absolute Gasteiger partial charge is 0.242 e. The minimum atomic E-state index is -0.367. The molecule has 6 heteroatoms. The van der Waals surface area contributed by atoms with E-state index in [9.17, 15) is 9.59 Å². The number of aromatic nitrogens is 1. The van der Waals surface area contributed by atoms with Gasteiger partial charge < -0.3 is 10.6 Å². The maximum atomic E-state index is 11.6. The molecule has 2 rings (SSSR count). The zero-order valence-corrected chi connectivity index (χ0v) is 9.76. The molecule has 1 fully saturated rings. The first-order chi connectivity index (χ1) is 7.65. The van der Waals surface area contributed by atoms with Crippen LogP contribution in [0.15, 0.2) is 5.38 Å². The molecule has 86 valence electrons. The molecule has 1 aliphatic heterocycles. The fourth-order valence-electron chi connectivity index (χ4n) is 1.58. The van der Waals surface area contributed by atoms with E-state index >= 15 is 0 Å². The molecule has 2 N–H and O–H groups in total. The third-order valence-electron chi connectivity index (χ3n) is 2.39. The van der Waals surface area contributed by atoms with Crippen molar-refractivity contribution < 1.29 is 9.59 Å². The van der Waals surface area contributed by atoms with Crippen molar-refractivity contribution in [2.24, 2.45) is 0 Å². The largest absolute Gasteiger partial charge is 0.348 e. The summed E-state index contributed by atoms with van der Waals surface area (Å²) in [5.41, 5.74) is 0.961. The van der Waals surface area contributed by atoms with Crippen LogP contribution in [0.1, 0.15) is 23.5 Å². The van der Waals surface area contributed by atoms with Crippen LogP contribution in [0, 0.1) is 6.92 Å². The number of amides is 2. The first-order valence-electron chi connectivity index (χ1n) is 5.13. The summed E-state index contributed by atoms with van der Waals surface area (Å²) in [6, 6.07) is -0.367.